The van der Waals surface area contributed by atoms with Gasteiger partial charge in [0.1, 0.15) is 6.10 Å². The lowest BCUT2D eigenvalue weighted by molar-refractivity contribution is -0.138. The molecule has 1 aliphatic rings. The molecule has 6 heteroatoms. The Labute approximate surface area is 150 Å². The molecule has 2 aromatic rings. The lowest BCUT2D eigenvalue weighted by Crippen LogP contribution is -2.43. The average Bonchev–Trinajstić information content (AvgIpc) is 2.62. The molecule has 1 unspecified atom stereocenters. The van der Waals surface area contributed by atoms with Crippen molar-refractivity contribution in [3.05, 3.63) is 70.2 Å². The van der Waals surface area contributed by atoms with Crippen molar-refractivity contribution in [1.82, 2.24) is 4.90 Å². The first-order valence-corrected chi connectivity index (χ1v) is 8.38. The third-order valence-electron chi connectivity index (χ3n) is 4.19. The summed E-state index contributed by atoms with van der Waals surface area (Å²) in [6.07, 6.45) is -0.00520. The van der Waals surface area contributed by atoms with Crippen molar-refractivity contribution in [1.29, 1.82) is 0 Å². The molecule has 2 aromatic carbocycles. The van der Waals surface area contributed by atoms with Crippen molar-refractivity contribution in [3.63, 3.8) is 0 Å². The van der Waals surface area contributed by atoms with Gasteiger partial charge in [0.15, 0.2) is 0 Å². The molecule has 1 fully saturated rings. The summed E-state index contributed by atoms with van der Waals surface area (Å²) in [4.78, 5) is 25.4. The van der Waals surface area contributed by atoms with Crippen LogP contribution >= 0.6 is 11.6 Å². The summed E-state index contributed by atoms with van der Waals surface area (Å²) in [5, 5.41) is 9.71. The van der Waals surface area contributed by atoms with Gasteiger partial charge in [-0.05, 0) is 35.4 Å². The summed E-state index contributed by atoms with van der Waals surface area (Å²) < 4.78 is 5.77. The molecule has 1 heterocycles. The zero-order valence-electron chi connectivity index (χ0n) is 13.5. The summed E-state index contributed by atoms with van der Waals surface area (Å²) >= 11 is 5.91. The van der Waals surface area contributed by atoms with Gasteiger partial charge < -0.3 is 14.7 Å². The molecule has 1 saturated heterocycles. The molecule has 3 rings (SSSR count). The van der Waals surface area contributed by atoms with Gasteiger partial charge in [-0.2, -0.15) is 0 Å². The molecule has 0 aliphatic carbocycles. The van der Waals surface area contributed by atoms with Crippen molar-refractivity contribution in [2.75, 3.05) is 19.7 Å². The zero-order chi connectivity index (χ0) is 17.8. The molecule has 0 aromatic heterocycles. The highest BCUT2D eigenvalue weighted by Crippen LogP contribution is 2.24. The maximum absolute atomic E-state index is 12.6. The quantitative estimate of drug-likeness (QED) is 0.910. The van der Waals surface area contributed by atoms with E-state index in [9.17, 15) is 9.59 Å². The summed E-state index contributed by atoms with van der Waals surface area (Å²) in [6.45, 7) is 1.47. The number of amides is 1. The van der Waals surface area contributed by atoms with E-state index in [4.69, 9.17) is 21.4 Å². The Morgan fingerprint density at radius 1 is 1.20 bits per heavy atom. The molecule has 5 nitrogen and oxygen atoms in total. The largest absolute Gasteiger partial charge is 0.478 e. The van der Waals surface area contributed by atoms with Gasteiger partial charge in [0, 0.05) is 11.6 Å². The van der Waals surface area contributed by atoms with E-state index in [-0.39, 0.29) is 24.0 Å². The van der Waals surface area contributed by atoms with E-state index in [2.05, 4.69) is 0 Å². The molecule has 0 saturated carbocycles. The molecule has 0 radical (unpaired) electrons. The van der Waals surface area contributed by atoms with Crippen LogP contribution in [0.1, 0.15) is 27.6 Å². The van der Waals surface area contributed by atoms with Gasteiger partial charge >= 0.3 is 5.97 Å². The molecule has 25 heavy (non-hydrogen) atoms. The summed E-state index contributed by atoms with van der Waals surface area (Å²) in [6, 6.07) is 13.9. The topological polar surface area (TPSA) is 66.8 Å². The number of carbonyl (C=O) groups excluding carboxylic acids is 1. The van der Waals surface area contributed by atoms with Gasteiger partial charge in [-0.3, -0.25) is 4.79 Å². The first-order chi connectivity index (χ1) is 12.0. The Bertz CT molecular complexity index is 775. The van der Waals surface area contributed by atoms with E-state index in [1.165, 1.54) is 12.1 Å². The minimum atomic E-state index is -0.997. The first-order valence-electron chi connectivity index (χ1n) is 8.00. The Morgan fingerprint density at radius 2 is 1.96 bits per heavy atom. The summed E-state index contributed by atoms with van der Waals surface area (Å²) in [5.74, 6) is -1.03. The highest BCUT2D eigenvalue weighted by atomic mass is 35.5. The fraction of sp³-hybridized carbons (Fsp3) is 0.263. The second kappa shape index (κ2) is 7.68. The maximum Gasteiger partial charge on any atom is 0.335 e. The van der Waals surface area contributed by atoms with Crippen LogP contribution in [0.3, 0.4) is 0 Å². The number of hydrogen-bond acceptors (Lipinski definition) is 3. The number of ether oxygens (including phenoxy) is 1. The fourth-order valence-corrected chi connectivity index (χ4v) is 2.98. The van der Waals surface area contributed by atoms with E-state index in [1.54, 1.807) is 29.2 Å². The molecule has 0 spiro atoms. The highest BCUT2D eigenvalue weighted by Gasteiger charge is 2.25. The van der Waals surface area contributed by atoms with Crippen molar-refractivity contribution in [3.8, 4) is 0 Å². The number of rotatable bonds is 4. The highest BCUT2D eigenvalue weighted by molar-refractivity contribution is 6.30. The van der Waals surface area contributed by atoms with E-state index in [1.807, 2.05) is 12.1 Å². The van der Waals surface area contributed by atoms with Gasteiger partial charge in [0.25, 0.3) is 0 Å². The lowest BCUT2D eigenvalue weighted by Gasteiger charge is -2.33. The van der Waals surface area contributed by atoms with Gasteiger partial charge in [-0.1, -0.05) is 35.9 Å². The van der Waals surface area contributed by atoms with Crippen LogP contribution in [0.2, 0.25) is 5.02 Å². The molecule has 1 amide bonds. The summed E-state index contributed by atoms with van der Waals surface area (Å²) in [5.41, 5.74) is 1.86. The molecule has 130 valence electrons. The average molecular weight is 360 g/mol. The minimum Gasteiger partial charge on any atom is -0.478 e. The predicted octanol–water partition coefficient (Wildman–Crippen LogP) is 3.18. The number of benzene rings is 2. The van der Waals surface area contributed by atoms with Crippen LogP contribution in [0, 0.1) is 0 Å². The van der Waals surface area contributed by atoms with Crippen LogP contribution in [0.4, 0.5) is 0 Å². The van der Waals surface area contributed by atoms with E-state index < -0.39 is 5.97 Å². The molecule has 1 N–H and O–H groups in total. The standard InChI is InChI=1S/C19H18ClNO4/c20-16-6-4-14(5-7-16)17-12-21(8-9-25-17)18(22)11-13-2-1-3-15(10-13)19(23)24/h1-7,10,17H,8-9,11-12H2,(H,23,24). The SMILES string of the molecule is O=C(O)c1cccc(CC(=O)N2CCOC(c3ccc(Cl)cc3)C2)c1. The van der Waals surface area contributed by atoms with Crippen LogP contribution in [0.25, 0.3) is 0 Å². The second-order valence-corrected chi connectivity index (χ2v) is 6.37. The number of morpholine rings is 1. The van der Waals surface area contributed by atoms with Crippen LogP contribution in [-0.4, -0.2) is 41.6 Å². The maximum atomic E-state index is 12.6. The third-order valence-corrected chi connectivity index (χ3v) is 4.44. The Hall–Kier alpha value is -2.37. The Balaban J connectivity index is 1.66. The predicted molar refractivity (Wildman–Crippen MR) is 93.8 cm³/mol. The van der Waals surface area contributed by atoms with E-state index >= 15 is 0 Å². The molecule has 1 aliphatic heterocycles. The van der Waals surface area contributed by atoms with Crippen molar-refractivity contribution < 1.29 is 19.4 Å². The van der Waals surface area contributed by atoms with Crippen molar-refractivity contribution in [2.45, 2.75) is 12.5 Å². The monoisotopic (exact) mass is 359 g/mol. The Morgan fingerprint density at radius 3 is 2.68 bits per heavy atom. The van der Waals surface area contributed by atoms with Crippen LogP contribution in [0.5, 0.6) is 0 Å². The minimum absolute atomic E-state index is 0.0372. The zero-order valence-corrected chi connectivity index (χ0v) is 14.3. The molecular formula is C19H18ClNO4. The van der Waals surface area contributed by atoms with Crippen LogP contribution < -0.4 is 0 Å². The molecular weight excluding hydrogens is 342 g/mol. The van der Waals surface area contributed by atoms with Gasteiger partial charge in [0.05, 0.1) is 25.1 Å². The number of carbonyl (C=O) groups is 2. The van der Waals surface area contributed by atoms with E-state index in [0.717, 1.165) is 5.56 Å². The fourth-order valence-electron chi connectivity index (χ4n) is 2.86. The first kappa shape index (κ1) is 17.5. The second-order valence-electron chi connectivity index (χ2n) is 5.93. The van der Waals surface area contributed by atoms with Gasteiger partial charge in [0.2, 0.25) is 5.91 Å². The Kier molecular flexibility index (Phi) is 5.36. The third kappa shape index (κ3) is 4.38. The molecule has 0 bridgehead atoms. The normalized spacial score (nSPS) is 17.3. The van der Waals surface area contributed by atoms with Crippen molar-refractivity contribution >= 4 is 23.5 Å². The number of carboxylic acids is 1. The summed E-state index contributed by atoms with van der Waals surface area (Å²) in [7, 11) is 0. The number of nitrogens with zero attached hydrogens (tertiary/aromatic N) is 1. The van der Waals surface area contributed by atoms with Crippen LogP contribution in [-0.2, 0) is 16.0 Å². The smallest absolute Gasteiger partial charge is 0.335 e. The van der Waals surface area contributed by atoms with Crippen molar-refractivity contribution in [2.24, 2.45) is 0 Å². The molecule has 1 atom stereocenters. The van der Waals surface area contributed by atoms with Gasteiger partial charge in [-0.25, -0.2) is 4.79 Å². The number of aromatic carboxylic acids is 1. The lowest BCUT2D eigenvalue weighted by atomic mass is 10.1. The number of halogens is 1. The number of carboxylic acid groups (broad SMARTS) is 1. The number of hydrogen-bond donors (Lipinski definition) is 1. The van der Waals surface area contributed by atoms with Gasteiger partial charge in [-0.15, -0.1) is 0 Å². The van der Waals surface area contributed by atoms with Crippen LogP contribution in [0.15, 0.2) is 48.5 Å². The van der Waals surface area contributed by atoms with E-state index in [0.29, 0.717) is 30.3 Å².